The molecule has 1 aliphatic rings. The zero-order chi connectivity index (χ0) is 13.6. The Balaban J connectivity index is 1.57. The van der Waals surface area contributed by atoms with Crippen LogP contribution >= 0.6 is 23.5 Å². The van der Waals surface area contributed by atoms with E-state index < -0.39 is 0 Å². The lowest BCUT2D eigenvalue weighted by Gasteiger charge is -2.21. The van der Waals surface area contributed by atoms with Crippen molar-refractivity contribution in [2.24, 2.45) is 0 Å². The Hall–Kier alpha value is -0.910. The maximum absolute atomic E-state index is 4.19. The van der Waals surface area contributed by atoms with Crippen molar-refractivity contribution in [3.63, 3.8) is 0 Å². The Morgan fingerprint density at radius 1 is 1.25 bits per heavy atom. The molecule has 0 radical (unpaired) electrons. The fourth-order valence-electron chi connectivity index (χ4n) is 2.32. The Labute approximate surface area is 128 Å². The van der Waals surface area contributed by atoms with Crippen LogP contribution < -0.4 is 5.32 Å². The molecule has 0 saturated carbocycles. The smallest absolute Gasteiger partial charge is 0.0695 e. The largest absolute Gasteiger partial charge is 0.311 e. The molecule has 2 heterocycles. The van der Waals surface area contributed by atoms with Crippen LogP contribution in [0, 0.1) is 0 Å². The van der Waals surface area contributed by atoms with Crippen LogP contribution in [0.4, 0.5) is 0 Å². The van der Waals surface area contributed by atoms with Crippen molar-refractivity contribution < 1.29 is 0 Å². The van der Waals surface area contributed by atoms with Gasteiger partial charge in [0, 0.05) is 41.2 Å². The second-order valence-corrected chi connectivity index (χ2v) is 7.39. The molecule has 1 aromatic carbocycles. The molecule has 1 atom stereocenters. The highest BCUT2D eigenvalue weighted by Gasteiger charge is 2.14. The lowest BCUT2D eigenvalue weighted by Crippen LogP contribution is -2.28. The molecule has 20 heavy (non-hydrogen) atoms. The van der Waals surface area contributed by atoms with Crippen molar-refractivity contribution in [2.75, 3.05) is 23.8 Å². The van der Waals surface area contributed by atoms with Gasteiger partial charge in [0.05, 0.1) is 11.9 Å². The highest BCUT2D eigenvalue weighted by Crippen LogP contribution is 2.24. The van der Waals surface area contributed by atoms with Crippen LogP contribution in [0.25, 0.3) is 11.3 Å². The van der Waals surface area contributed by atoms with Crippen molar-refractivity contribution in [1.29, 1.82) is 0 Å². The molecule has 1 aromatic heterocycles. The number of nitrogens with one attached hydrogen (secondary N) is 2. The lowest BCUT2D eigenvalue weighted by atomic mass is 10.1. The summed E-state index contributed by atoms with van der Waals surface area (Å²) >= 11 is 4.17. The fourth-order valence-corrected chi connectivity index (χ4v) is 4.97. The summed E-state index contributed by atoms with van der Waals surface area (Å²) in [6.07, 6.45) is 1.93. The topological polar surface area (TPSA) is 40.7 Å². The number of aromatic amines is 1. The summed E-state index contributed by atoms with van der Waals surface area (Å²) in [5.74, 6) is 3.87. The first-order chi connectivity index (χ1) is 9.93. The van der Waals surface area contributed by atoms with E-state index in [-0.39, 0.29) is 0 Å². The molecule has 0 spiro atoms. The van der Waals surface area contributed by atoms with Gasteiger partial charge in [-0.3, -0.25) is 5.10 Å². The van der Waals surface area contributed by atoms with Crippen molar-refractivity contribution in [3.8, 4) is 11.3 Å². The van der Waals surface area contributed by atoms with Gasteiger partial charge in [0.1, 0.15) is 0 Å². The van der Waals surface area contributed by atoms with Gasteiger partial charge in [-0.05, 0) is 5.56 Å². The molecule has 3 rings (SSSR count). The number of H-pyrrole nitrogens is 1. The average Bonchev–Trinajstić information content (AvgIpc) is 2.98. The van der Waals surface area contributed by atoms with E-state index in [1.54, 1.807) is 0 Å². The van der Waals surface area contributed by atoms with Gasteiger partial charge in [-0.15, -0.1) is 0 Å². The van der Waals surface area contributed by atoms with Crippen LogP contribution in [0.3, 0.4) is 0 Å². The van der Waals surface area contributed by atoms with E-state index in [2.05, 4.69) is 63.3 Å². The molecule has 0 bridgehead atoms. The van der Waals surface area contributed by atoms with Crippen LogP contribution in [-0.2, 0) is 6.54 Å². The molecule has 5 heteroatoms. The molecule has 1 aliphatic heterocycles. The number of benzene rings is 1. The number of nitrogens with zero attached hydrogens (tertiary/aromatic N) is 1. The van der Waals surface area contributed by atoms with Gasteiger partial charge in [-0.25, -0.2) is 0 Å². The third-order valence-corrected chi connectivity index (χ3v) is 6.20. The summed E-state index contributed by atoms with van der Waals surface area (Å²) in [6.45, 7) is 1.96. The Bertz CT molecular complexity index is 521. The van der Waals surface area contributed by atoms with Crippen LogP contribution in [-0.4, -0.2) is 39.3 Å². The monoisotopic (exact) mass is 305 g/mol. The fraction of sp³-hybridized carbons (Fsp3) is 0.400. The highest BCUT2D eigenvalue weighted by molar-refractivity contribution is 8.06. The quantitative estimate of drug-likeness (QED) is 0.891. The zero-order valence-electron chi connectivity index (χ0n) is 11.3. The van der Waals surface area contributed by atoms with E-state index in [4.69, 9.17) is 0 Å². The number of aromatic nitrogens is 2. The normalized spacial score (nSPS) is 19.1. The van der Waals surface area contributed by atoms with Gasteiger partial charge in [-0.1, -0.05) is 30.3 Å². The van der Waals surface area contributed by atoms with E-state index in [0.717, 1.165) is 24.0 Å². The molecule has 1 fully saturated rings. The molecule has 2 aromatic rings. The molecular weight excluding hydrogens is 286 g/mol. The summed E-state index contributed by atoms with van der Waals surface area (Å²) in [5, 5.41) is 11.6. The van der Waals surface area contributed by atoms with Gasteiger partial charge in [0.2, 0.25) is 0 Å². The SMILES string of the molecule is c1ccc(-c2[nH]ncc2CNCC2CSCCS2)cc1. The Kier molecular flexibility index (Phi) is 5.06. The molecule has 0 amide bonds. The molecule has 1 unspecified atom stereocenters. The minimum absolute atomic E-state index is 0.751. The highest BCUT2D eigenvalue weighted by atomic mass is 32.2. The van der Waals surface area contributed by atoms with E-state index >= 15 is 0 Å². The average molecular weight is 305 g/mol. The molecule has 2 N–H and O–H groups in total. The first-order valence-corrected chi connectivity index (χ1v) is 9.11. The zero-order valence-corrected chi connectivity index (χ0v) is 13.0. The van der Waals surface area contributed by atoms with E-state index in [1.165, 1.54) is 28.4 Å². The predicted molar refractivity (Wildman–Crippen MR) is 89.3 cm³/mol. The second kappa shape index (κ2) is 7.20. The minimum atomic E-state index is 0.751. The molecule has 1 saturated heterocycles. The third kappa shape index (κ3) is 3.59. The number of hydrogen-bond donors (Lipinski definition) is 2. The van der Waals surface area contributed by atoms with Gasteiger partial charge < -0.3 is 5.32 Å². The first kappa shape index (κ1) is 14.0. The number of rotatable bonds is 5. The van der Waals surface area contributed by atoms with Crippen LogP contribution in [0.5, 0.6) is 0 Å². The third-order valence-electron chi connectivity index (χ3n) is 3.35. The standard InChI is InChI=1S/C15H19N3S2/c1-2-4-12(5-3-1)15-13(9-17-18-15)8-16-10-14-11-19-6-7-20-14/h1-5,9,14,16H,6-8,10-11H2,(H,17,18). The van der Waals surface area contributed by atoms with Crippen LogP contribution in [0.15, 0.2) is 36.5 Å². The Morgan fingerprint density at radius 3 is 2.95 bits per heavy atom. The molecule has 0 aliphatic carbocycles. The van der Waals surface area contributed by atoms with Gasteiger partial charge in [-0.2, -0.15) is 28.6 Å². The Morgan fingerprint density at radius 2 is 2.15 bits per heavy atom. The van der Waals surface area contributed by atoms with Crippen molar-refractivity contribution in [2.45, 2.75) is 11.8 Å². The first-order valence-electron chi connectivity index (χ1n) is 6.91. The maximum Gasteiger partial charge on any atom is 0.0695 e. The maximum atomic E-state index is 4.19. The van der Waals surface area contributed by atoms with Crippen LogP contribution in [0.2, 0.25) is 0 Å². The van der Waals surface area contributed by atoms with Gasteiger partial charge in [0.25, 0.3) is 0 Å². The summed E-state index contributed by atoms with van der Waals surface area (Å²) in [6, 6.07) is 10.4. The number of hydrogen-bond acceptors (Lipinski definition) is 4. The van der Waals surface area contributed by atoms with Gasteiger partial charge in [0.15, 0.2) is 0 Å². The number of thioether (sulfide) groups is 2. The molecule has 106 valence electrons. The van der Waals surface area contributed by atoms with E-state index in [1.807, 2.05) is 12.3 Å². The summed E-state index contributed by atoms with van der Waals surface area (Å²) in [5.41, 5.74) is 3.57. The summed E-state index contributed by atoms with van der Waals surface area (Å²) in [7, 11) is 0. The second-order valence-electron chi connectivity index (χ2n) is 4.83. The van der Waals surface area contributed by atoms with E-state index in [0.29, 0.717) is 0 Å². The minimum Gasteiger partial charge on any atom is -0.311 e. The van der Waals surface area contributed by atoms with Crippen molar-refractivity contribution in [3.05, 3.63) is 42.1 Å². The predicted octanol–water partition coefficient (Wildman–Crippen LogP) is 3.01. The molecule has 3 nitrogen and oxygen atoms in total. The van der Waals surface area contributed by atoms with E-state index in [9.17, 15) is 0 Å². The van der Waals surface area contributed by atoms with Crippen molar-refractivity contribution in [1.82, 2.24) is 15.5 Å². The van der Waals surface area contributed by atoms with Crippen LogP contribution in [0.1, 0.15) is 5.56 Å². The summed E-state index contributed by atoms with van der Waals surface area (Å²) < 4.78 is 0. The lowest BCUT2D eigenvalue weighted by molar-refractivity contribution is 0.687. The molecular formula is C15H19N3S2. The van der Waals surface area contributed by atoms with Crippen molar-refractivity contribution >= 4 is 23.5 Å². The summed E-state index contributed by atoms with van der Waals surface area (Å²) in [4.78, 5) is 0. The van der Waals surface area contributed by atoms with Gasteiger partial charge >= 0.3 is 0 Å².